The van der Waals surface area contributed by atoms with Gasteiger partial charge in [0, 0.05) is 18.9 Å². The Kier molecular flexibility index (Phi) is 30.1. The van der Waals surface area contributed by atoms with E-state index in [4.69, 9.17) is 61.6 Å². The van der Waals surface area contributed by atoms with E-state index in [1.807, 2.05) is 31.2 Å². The van der Waals surface area contributed by atoms with Gasteiger partial charge in [0.05, 0.1) is 145 Å². The van der Waals surface area contributed by atoms with Gasteiger partial charge in [-0.1, -0.05) is 55.5 Å². The van der Waals surface area contributed by atoms with E-state index in [0.717, 1.165) is 6.42 Å². The molecule has 2 aromatic carbocycles. The smallest absolute Gasteiger partial charge is 0.407 e. The van der Waals surface area contributed by atoms with E-state index in [0.29, 0.717) is 158 Å². The Morgan fingerprint density at radius 1 is 0.441 bits per heavy atom. The highest BCUT2D eigenvalue weighted by atomic mass is 16.6. The third kappa shape index (κ3) is 24.6. The molecule has 1 amide bonds. The molecule has 1 aliphatic carbocycles. The van der Waals surface area contributed by atoms with E-state index in [1.165, 1.54) is 22.3 Å². The Balaban J connectivity index is 0.927. The van der Waals surface area contributed by atoms with Crippen LogP contribution in [0.25, 0.3) is 11.1 Å². The summed E-state index contributed by atoms with van der Waals surface area (Å²) >= 11 is 0. The number of benzene rings is 2. The molecule has 1 N–H and O–H groups in total. The Hall–Kier alpha value is -3.26. The second-order valence-electron chi connectivity index (χ2n) is 13.0. The number of fused-ring (bicyclic) bond motifs is 3. The summed E-state index contributed by atoms with van der Waals surface area (Å²) in [6.07, 6.45) is 0.760. The molecule has 59 heavy (non-hydrogen) atoms. The normalized spacial score (nSPS) is 12.1. The number of alkyl carbamates (subject to hydrolysis) is 1. The first kappa shape index (κ1) is 50.1. The van der Waals surface area contributed by atoms with Crippen molar-refractivity contribution >= 4 is 12.1 Å². The number of amides is 1. The number of nitrogens with one attached hydrogen (secondary N) is 1. The second-order valence-corrected chi connectivity index (χ2v) is 13.0. The molecule has 2 aromatic rings. The third-order valence-corrected chi connectivity index (χ3v) is 8.52. The van der Waals surface area contributed by atoms with Gasteiger partial charge >= 0.3 is 12.1 Å². The number of hydrogen-bond acceptors (Lipinski definition) is 15. The van der Waals surface area contributed by atoms with Crippen LogP contribution in [0.1, 0.15) is 36.8 Å². The minimum Gasteiger partial charge on any atom is -0.463 e. The number of carbonyl (C=O) groups excluding carboxylic acids is 2. The van der Waals surface area contributed by atoms with Gasteiger partial charge in [0.15, 0.2) is 0 Å². The highest BCUT2D eigenvalue weighted by Gasteiger charge is 2.29. The van der Waals surface area contributed by atoms with E-state index < -0.39 is 6.09 Å². The van der Waals surface area contributed by atoms with E-state index in [2.05, 4.69) is 29.6 Å². The van der Waals surface area contributed by atoms with Gasteiger partial charge in [-0.25, -0.2) is 4.79 Å². The van der Waals surface area contributed by atoms with Crippen molar-refractivity contribution in [2.24, 2.45) is 0 Å². The van der Waals surface area contributed by atoms with Crippen LogP contribution in [0.3, 0.4) is 0 Å². The summed E-state index contributed by atoms with van der Waals surface area (Å²) in [5.41, 5.74) is 4.76. The zero-order valence-corrected chi connectivity index (χ0v) is 34.9. The molecule has 16 nitrogen and oxygen atoms in total. The fraction of sp³-hybridized carbons (Fsp3) is 0.674. The lowest BCUT2D eigenvalue weighted by Gasteiger charge is -2.14. The maximum Gasteiger partial charge on any atom is 0.407 e. The molecule has 0 atom stereocenters. The quantitative estimate of drug-likeness (QED) is 0.0754. The Bertz CT molecular complexity index is 1290. The monoisotopic (exact) mass is 837 g/mol. The summed E-state index contributed by atoms with van der Waals surface area (Å²) in [5, 5.41) is 2.74. The highest BCUT2D eigenvalue weighted by molar-refractivity contribution is 5.79. The molecule has 3 rings (SSSR count). The topological polar surface area (TPSA) is 166 Å². The molecular formula is C43H67NO15. The van der Waals surface area contributed by atoms with Crippen LogP contribution in [0, 0.1) is 0 Å². The average Bonchev–Trinajstić information content (AvgIpc) is 3.57. The Morgan fingerprint density at radius 3 is 1.12 bits per heavy atom. The number of rotatable bonds is 40. The largest absolute Gasteiger partial charge is 0.463 e. The first-order chi connectivity index (χ1) is 29.2. The Labute approximate surface area is 349 Å². The van der Waals surface area contributed by atoms with Crippen LogP contribution in [-0.4, -0.2) is 177 Å². The first-order valence-electron chi connectivity index (χ1n) is 20.8. The van der Waals surface area contributed by atoms with Gasteiger partial charge in [-0.05, 0) is 28.7 Å². The number of carbonyl (C=O) groups is 2. The van der Waals surface area contributed by atoms with Crippen molar-refractivity contribution in [3.8, 4) is 11.1 Å². The van der Waals surface area contributed by atoms with Gasteiger partial charge in [0.25, 0.3) is 0 Å². The third-order valence-electron chi connectivity index (χ3n) is 8.52. The maximum atomic E-state index is 12.3. The standard InChI is InChI=1S/C43H67NO15/c1-2-7-42(45)58-35-34-57-33-32-56-31-30-55-29-28-54-27-26-53-25-24-52-23-22-51-21-20-50-19-18-49-17-16-48-15-14-47-13-12-44-43(46)59-36-41-39-10-5-3-8-37(39)38-9-4-6-11-40(38)41/h3-6,8-11,41H,2,7,12-36H2,1H3,(H,44,46). The summed E-state index contributed by atoms with van der Waals surface area (Å²) in [6, 6.07) is 16.5. The predicted molar refractivity (Wildman–Crippen MR) is 218 cm³/mol. The van der Waals surface area contributed by atoms with Gasteiger partial charge in [-0.15, -0.1) is 0 Å². The molecule has 0 aromatic heterocycles. The van der Waals surface area contributed by atoms with Gasteiger partial charge in [-0.2, -0.15) is 0 Å². The minimum atomic E-state index is -0.456. The van der Waals surface area contributed by atoms with Crippen LogP contribution in [0.5, 0.6) is 0 Å². The van der Waals surface area contributed by atoms with Crippen LogP contribution < -0.4 is 5.32 Å². The average molecular weight is 838 g/mol. The SMILES string of the molecule is CCCC(=O)OCCOCCOCCOCCOCCOCCOCCOCCOCCOCCOCCOCCNC(=O)OCC1c2ccccc2-c2ccccc21. The van der Waals surface area contributed by atoms with Gasteiger partial charge in [0.1, 0.15) is 13.2 Å². The van der Waals surface area contributed by atoms with Crippen LogP contribution in [0.2, 0.25) is 0 Å². The summed E-state index contributed by atoms with van der Waals surface area (Å²) in [6.45, 7) is 13.0. The van der Waals surface area contributed by atoms with Crippen LogP contribution in [-0.2, 0) is 66.4 Å². The van der Waals surface area contributed by atoms with E-state index in [1.54, 1.807) is 0 Å². The van der Waals surface area contributed by atoms with Crippen molar-refractivity contribution in [3.63, 3.8) is 0 Å². The molecule has 0 aliphatic heterocycles. The van der Waals surface area contributed by atoms with Crippen molar-refractivity contribution in [2.45, 2.75) is 25.7 Å². The van der Waals surface area contributed by atoms with Crippen molar-refractivity contribution in [3.05, 3.63) is 59.7 Å². The summed E-state index contributed by atoms with van der Waals surface area (Å²) in [5.74, 6) is -0.160. The highest BCUT2D eigenvalue weighted by Crippen LogP contribution is 2.44. The fourth-order valence-electron chi connectivity index (χ4n) is 5.67. The number of esters is 1. The molecule has 1 aliphatic rings. The molecule has 0 spiro atoms. The summed E-state index contributed by atoms with van der Waals surface area (Å²) in [4.78, 5) is 23.5. The van der Waals surface area contributed by atoms with Gasteiger partial charge in [-0.3, -0.25) is 4.79 Å². The van der Waals surface area contributed by atoms with E-state index in [-0.39, 0.29) is 25.1 Å². The van der Waals surface area contributed by atoms with Crippen molar-refractivity contribution in [2.75, 3.05) is 165 Å². The molecular weight excluding hydrogens is 770 g/mol. The van der Waals surface area contributed by atoms with Gasteiger partial charge in [0.2, 0.25) is 0 Å². The lowest BCUT2D eigenvalue weighted by Crippen LogP contribution is -2.29. The van der Waals surface area contributed by atoms with E-state index >= 15 is 0 Å². The minimum absolute atomic E-state index is 0.0327. The predicted octanol–water partition coefficient (Wildman–Crippen LogP) is 4.05. The molecule has 0 saturated carbocycles. The summed E-state index contributed by atoms with van der Waals surface area (Å²) < 4.78 is 70.8. The van der Waals surface area contributed by atoms with Gasteiger partial charge < -0.3 is 66.9 Å². The fourth-order valence-corrected chi connectivity index (χ4v) is 5.67. The molecule has 0 bridgehead atoms. The number of hydrogen-bond donors (Lipinski definition) is 1. The van der Waals surface area contributed by atoms with E-state index in [9.17, 15) is 9.59 Å². The zero-order valence-electron chi connectivity index (χ0n) is 34.9. The van der Waals surface area contributed by atoms with Crippen LogP contribution in [0.4, 0.5) is 4.79 Å². The van der Waals surface area contributed by atoms with Crippen molar-refractivity contribution < 1.29 is 71.2 Å². The molecule has 0 radical (unpaired) electrons. The summed E-state index contributed by atoms with van der Waals surface area (Å²) in [7, 11) is 0. The van der Waals surface area contributed by atoms with Crippen molar-refractivity contribution in [1.82, 2.24) is 5.32 Å². The molecule has 16 heteroatoms. The lowest BCUT2D eigenvalue weighted by atomic mass is 9.98. The second kappa shape index (κ2) is 35.5. The molecule has 0 heterocycles. The van der Waals surface area contributed by atoms with Crippen LogP contribution >= 0.6 is 0 Å². The zero-order chi connectivity index (χ0) is 41.7. The van der Waals surface area contributed by atoms with Crippen LogP contribution in [0.15, 0.2) is 48.5 Å². The molecule has 0 saturated heterocycles. The lowest BCUT2D eigenvalue weighted by molar-refractivity contribution is -0.145. The maximum absolute atomic E-state index is 12.3. The molecule has 0 unspecified atom stereocenters. The number of ether oxygens (including phenoxy) is 13. The first-order valence-corrected chi connectivity index (χ1v) is 20.8. The molecule has 0 fully saturated rings. The molecule has 334 valence electrons. The Morgan fingerprint density at radius 2 is 0.763 bits per heavy atom. The van der Waals surface area contributed by atoms with Crippen molar-refractivity contribution in [1.29, 1.82) is 0 Å².